The molecule has 2 aromatic carbocycles. The van der Waals surface area contributed by atoms with Gasteiger partial charge in [0, 0.05) is 18.2 Å². The molecular weight excluding hydrogens is 342 g/mol. The van der Waals surface area contributed by atoms with Gasteiger partial charge in [0.05, 0.1) is 10.7 Å². The smallest absolute Gasteiger partial charge is 0.387 e. The summed E-state index contributed by atoms with van der Waals surface area (Å²) in [5.74, 6) is -0.883. The summed E-state index contributed by atoms with van der Waals surface area (Å²) in [6.07, 6.45) is 0. The molecule has 24 heavy (non-hydrogen) atoms. The van der Waals surface area contributed by atoms with E-state index in [1.54, 1.807) is 0 Å². The summed E-state index contributed by atoms with van der Waals surface area (Å²) >= 11 is 6.01. The lowest BCUT2D eigenvalue weighted by Crippen LogP contribution is -2.18. The van der Waals surface area contributed by atoms with Gasteiger partial charge in [0.2, 0.25) is 0 Å². The summed E-state index contributed by atoms with van der Waals surface area (Å²) in [7, 11) is 1.48. The molecular formula is C16H13ClF2N2O3. The number of carbonyl (C=O) groups is 2. The Balaban J connectivity index is 2.15. The molecule has 0 unspecified atom stereocenters. The summed E-state index contributed by atoms with van der Waals surface area (Å²) in [5, 5.41) is 5.29. The molecule has 8 heteroatoms. The Kier molecular flexibility index (Phi) is 5.70. The van der Waals surface area contributed by atoms with Gasteiger partial charge in [-0.05, 0) is 42.5 Å². The van der Waals surface area contributed by atoms with Crippen molar-refractivity contribution in [2.45, 2.75) is 6.61 Å². The number of ether oxygens (including phenoxy) is 1. The fourth-order valence-corrected chi connectivity index (χ4v) is 2.05. The van der Waals surface area contributed by atoms with E-state index in [4.69, 9.17) is 11.6 Å². The van der Waals surface area contributed by atoms with E-state index in [0.717, 1.165) is 0 Å². The van der Waals surface area contributed by atoms with Gasteiger partial charge < -0.3 is 15.4 Å². The van der Waals surface area contributed by atoms with Crippen LogP contribution in [0.4, 0.5) is 14.5 Å². The van der Waals surface area contributed by atoms with Crippen LogP contribution in [0.25, 0.3) is 0 Å². The highest BCUT2D eigenvalue weighted by Crippen LogP contribution is 2.24. The molecule has 0 spiro atoms. The molecule has 0 heterocycles. The monoisotopic (exact) mass is 354 g/mol. The molecule has 0 bridgehead atoms. The number of benzene rings is 2. The summed E-state index contributed by atoms with van der Waals surface area (Å²) in [5.41, 5.74) is 0.812. The van der Waals surface area contributed by atoms with E-state index < -0.39 is 12.5 Å². The molecule has 0 aliphatic heterocycles. The van der Waals surface area contributed by atoms with E-state index in [-0.39, 0.29) is 27.9 Å². The predicted molar refractivity (Wildman–Crippen MR) is 85.9 cm³/mol. The van der Waals surface area contributed by atoms with Crippen molar-refractivity contribution in [1.82, 2.24) is 5.32 Å². The van der Waals surface area contributed by atoms with Crippen molar-refractivity contribution in [2.24, 2.45) is 0 Å². The second-order valence-electron chi connectivity index (χ2n) is 4.63. The van der Waals surface area contributed by atoms with Crippen molar-refractivity contribution in [3.05, 3.63) is 58.6 Å². The Morgan fingerprint density at radius 3 is 2.25 bits per heavy atom. The molecule has 0 aliphatic rings. The first-order valence-corrected chi connectivity index (χ1v) is 7.16. The van der Waals surface area contributed by atoms with Crippen molar-refractivity contribution >= 4 is 29.1 Å². The number of hydrogen-bond acceptors (Lipinski definition) is 3. The van der Waals surface area contributed by atoms with E-state index in [0.29, 0.717) is 5.56 Å². The second kappa shape index (κ2) is 7.74. The van der Waals surface area contributed by atoms with Crippen LogP contribution in [0.1, 0.15) is 20.7 Å². The molecule has 0 atom stereocenters. The lowest BCUT2D eigenvalue weighted by molar-refractivity contribution is -0.0498. The molecule has 0 aromatic heterocycles. The first-order chi connectivity index (χ1) is 11.4. The van der Waals surface area contributed by atoms with Gasteiger partial charge in [0.15, 0.2) is 0 Å². The summed E-state index contributed by atoms with van der Waals surface area (Å²) < 4.78 is 28.4. The highest BCUT2D eigenvalue weighted by molar-refractivity contribution is 6.34. The van der Waals surface area contributed by atoms with Gasteiger partial charge in [0.25, 0.3) is 11.8 Å². The van der Waals surface area contributed by atoms with Crippen LogP contribution in [0.5, 0.6) is 5.75 Å². The molecule has 0 aliphatic carbocycles. The first kappa shape index (κ1) is 17.7. The summed E-state index contributed by atoms with van der Waals surface area (Å²) in [6.45, 7) is -2.93. The number of alkyl halides is 2. The van der Waals surface area contributed by atoms with Crippen molar-refractivity contribution in [3.8, 4) is 5.75 Å². The molecule has 5 nitrogen and oxygen atoms in total. The maximum absolute atomic E-state index is 12.2. The number of halogens is 3. The summed E-state index contributed by atoms with van der Waals surface area (Å²) in [6, 6.07) is 9.63. The largest absolute Gasteiger partial charge is 0.435 e. The van der Waals surface area contributed by atoms with Gasteiger partial charge in [0.1, 0.15) is 5.75 Å². The molecule has 0 saturated carbocycles. The van der Waals surface area contributed by atoms with Gasteiger partial charge in [-0.3, -0.25) is 9.59 Å². The van der Waals surface area contributed by atoms with Crippen molar-refractivity contribution < 1.29 is 23.1 Å². The topological polar surface area (TPSA) is 67.4 Å². The molecule has 0 radical (unpaired) electrons. The van der Waals surface area contributed by atoms with Crippen molar-refractivity contribution in [1.29, 1.82) is 0 Å². The van der Waals surface area contributed by atoms with Crippen LogP contribution in [0, 0.1) is 0 Å². The maximum atomic E-state index is 12.2. The zero-order valence-corrected chi connectivity index (χ0v) is 13.2. The minimum atomic E-state index is -2.93. The van der Waals surface area contributed by atoms with Crippen LogP contribution in [0.3, 0.4) is 0 Å². The Morgan fingerprint density at radius 2 is 1.67 bits per heavy atom. The standard InChI is InChI=1S/C16H13ClF2N2O3/c1-20-14(22)10-4-7-12(17)13(8-10)21-15(23)9-2-5-11(6-3-9)24-16(18)19/h2-8,16H,1H3,(H,20,22)(H,21,23). The average Bonchev–Trinajstić information content (AvgIpc) is 2.56. The molecule has 2 aromatic rings. The Hall–Kier alpha value is -2.67. The third-order valence-electron chi connectivity index (χ3n) is 3.05. The second-order valence-corrected chi connectivity index (χ2v) is 5.04. The highest BCUT2D eigenvalue weighted by Gasteiger charge is 2.12. The number of carbonyl (C=O) groups excluding carboxylic acids is 2. The number of rotatable bonds is 5. The minimum absolute atomic E-state index is 0.0544. The lowest BCUT2D eigenvalue weighted by atomic mass is 10.1. The Labute approximate surface area is 141 Å². The van der Waals surface area contributed by atoms with Gasteiger partial charge in [-0.15, -0.1) is 0 Å². The van der Waals surface area contributed by atoms with Gasteiger partial charge >= 0.3 is 6.61 Å². The van der Waals surface area contributed by atoms with E-state index in [1.807, 2.05) is 0 Å². The fourth-order valence-electron chi connectivity index (χ4n) is 1.89. The Morgan fingerprint density at radius 1 is 1.04 bits per heavy atom. The average molecular weight is 355 g/mol. The fraction of sp³-hybridized carbons (Fsp3) is 0.125. The zero-order valence-electron chi connectivity index (χ0n) is 12.5. The van der Waals surface area contributed by atoms with E-state index in [9.17, 15) is 18.4 Å². The van der Waals surface area contributed by atoms with E-state index in [1.165, 1.54) is 49.5 Å². The third kappa shape index (κ3) is 4.42. The highest BCUT2D eigenvalue weighted by atomic mass is 35.5. The van der Waals surface area contributed by atoms with Gasteiger partial charge in [-0.2, -0.15) is 8.78 Å². The van der Waals surface area contributed by atoms with E-state index in [2.05, 4.69) is 15.4 Å². The molecule has 126 valence electrons. The van der Waals surface area contributed by atoms with Crippen LogP contribution in [0.15, 0.2) is 42.5 Å². The SMILES string of the molecule is CNC(=O)c1ccc(Cl)c(NC(=O)c2ccc(OC(F)F)cc2)c1. The normalized spacial score (nSPS) is 10.4. The number of nitrogens with one attached hydrogen (secondary N) is 2. The summed E-state index contributed by atoms with van der Waals surface area (Å²) in [4.78, 5) is 23.8. The van der Waals surface area contributed by atoms with Gasteiger partial charge in [-0.1, -0.05) is 11.6 Å². The van der Waals surface area contributed by atoms with Crippen LogP contribution in [-0.4, -0.2) is 25.5 Å². The minimum Gasteiger partial charge on any atom is -0.435 e. The molecule has 0 saturated heterocycles. The van der Waals surface area contributed by atoms with Crippen LogP contribution in [0.2, 0.25) is 5.02 Å². The number of hydrogen-bond donors (Lipinski definition) is 2. The maximum Gasteiger partial charge on any atom is 0.387 e. The third-order valence-corrected chi connectivity index (χ3v) is 3.38. The van der Waals surface area contributed by atoms with Gasteiger partial charge in [-0.25, -0.2) is 0 Å². The van der Waals surface area contributed by atoms with Crippen LogP contribution < -0.4 is 15.4 Å². The quantitative estimate of drug-likeness (QED) is 0.862. The molecule has 2 amide bonds. The zero-order chi connectivity index (χ0) is 17.7. The predicted octanol–water partition coefficient (Wildman–Crippen LogP) is 3.55. The van der Waals surface area contributed by atoms with Crippen molar-refractivity contribution in [3.63, 3.8) is 0 Å². The first-order valence-electron chi connectivity index (χ1n) is 6.78. The lowest BCUT2D eigenvalue weighted by Gasteiger charge is -2.10. The van der Waals surface area contributed by atoms with Crippen LogP contribution in [-0.2, 0) is 0 Å². The molecule has 0 fully saturated rings. The Bertz CT molecular complexity index is 751. The van der Waals surface area contributed by atoms with E-state index >= 15 is 0 Å². The van der Waals surface area contributed by atoms with Crippen molar-refractivity contribution in [2.75, 3.05) is 12.4 Å². The number of anilines is 1. The number of amides is 2. The molecule has 2 N–H and O–H groups in total. The van der Waals surface area contributed by atoms with Crippen LogP contribution >= 0.6 is 11.6 Å². The molecule has 2 rings (SSSR count).